The van der Waals surface area contributed by atoms with Crippen molar-refractivity contribution in [1.82, 2.24) is 0 Å². The second-order valence-corrected chi connectivity index (χ2v) is 22.4. The summed E-state index contributed by atoms with van der Waals surface area (Å²) in [6.07, 6.45) is 82.3. The first-order chi connectivity index (χ1) is 37.5. The van der Waals surface area contributed by atoms with Crippen molar-refractivity contribution < 1.29 is 28.6 Å². The lowest BCUT2D eigenvalue weighted by Crippen LogP contribution is -2.30. The molecular weight excluding hydrogens is 937 g/mol. The molecule has 76 heavy (non-hydrogen) atoms. The molecule has 6 nitrogen and oxygen atoms in total. The van der Waals surface area contributed by atoms with Crippen LogP contribution in [0.5, 0.6) is 0 Å². The van der Waals surface area contributed by atoms with E-state index < -0.39 is 6.10 Å². The van der Waals surface area contributed by atoms with Gasteiger partial charge in [0.25, 0.3) is 0 Å². The number of carbonyl (C=O) groups excluding carboxylic acids is 3. The minimum absolute atomic E-state index is 0.0737. The van der Waals surface area contributed by atoms with Gasteiger partial charge >= 0.3 is 17.9 Å². The molecule has 6 heteroatoms. The van der Waals surface area contributed by atoms with Crippen molar-refractivity contribution in [2.45, 2.75) is 354 Å². The van der Waals surface area contributed by atoms with Crippen LogP contribution in [0.2, 0.25) is 0 Å². The molecule has 0 heterocycles. The highest BCUT2D eigenvalue weighted by Crippen LogP contribution is 2.17. The fourth-order valence-corrected chi connectivity index (χ4v) is 9.72. The van der Waals surface area contributed by atoms with E-state index in [-0.39, 0.29) is 31.1 Å². The number of rotatable bonds is 61. The molecule has 0 aromatic rings. The number of esters is 3. The highest BCUT2D eigenvalue weighted by atomic mass is 16.6. The summed E-state index contributed by atoms with van der Waals surface area (Å²) >= 11 is 0. The Hall–Kier alpha value is -2.89. The molecule has 0 aliphatic carbocycles. The van der Waals surface area contributed by atoms with Crippen LogP contribution in [-0.2, 0) is 28.6 Å². The highest BCUT2D eigenvalue weighted by molar-refractivity contribution is 5.71. The number of allylic oxidation sites excluding steroid dienone is 10. The Morgan fingerprint density at radius 1 is 0.263 bits per heavy atom. The van der Waals surface area contributed by atoms with Gasteiger partial charge in [-0.25, -0.2) is 0 Å². The first-order valence-electron chi connectivity index (χ1n) is 33.3. The SMILES string of the molecule is CCCCCCC/C=C\C/C=C\C/C=C\CCCCCCCCCCCCC(=O)OCC(COC(=O)CCCCCCCCCCCCCC)OC(=O)CCCCCCCCCCC/C=C\C/C=C\CCCCCCC. The zero-order chi connectivity index (χ0) is 55.0. The maximum atomic E-state index is 12.9. The van der Waals surface area contributed by atoms with Crippen molar-refractivity contribution in [1.29, 1.82) is 0 Å². The Kier molecular flexibility index (Phi) is 62.2. The molecule has 442 valence electrons. The molecule has 0 aromatic carbocycles. The predicted octanol–water partition coefficient (Wildman–Crippen LogP) is 22.7. The summed E-state index contributed by atoms with van der Waals surface area (Å²) < 4.78 is 16.9. The number of unbranched alkanes of at least 4 members (excludes halogenated alkanes) is 40. The van der Waals surface area contributed by atoms with Gasteiger partial charge in [0, 0.05) is 19.3 Å². The minimum atomic E-state index is -0.777. The van der Waals surface area contributed by atoms with Gasteiger partial charge in [-0.05, 0) is 89.9 Å². The van der Waals surface area contributed by atoms with E-state index in [1.807, 2.05) is 0 Å². The summed E-state index contributed by atoms with van der Waals surface area (Å²) in [6.45, 7) is 6.65. The average molecular weight is 1060 g/mol. The van der Waals surface area contributed by atoms with Gasteiger partial charge in [0.1, 0.15) is 13.2 Å². The standard InChI is InChI=1S/C70H126O6/c1-4-7-10-13-16-19-22-25-27-29-31-33-34-35-36-38-39-41-43-45-48-51-54-57-60-63-69(72)75-66-67(65-74-68(71)62-59-56-53-50-47-24-21-18-15-12-9-6-3)76-70(73)64-61-58-55-52-49-46-44-42-40-37-32-30-28-26-23-20-17-14-11-8-5-2/h22-23,25-26,29-32,34-35,67H,4-21,24,27-28,33,36-66H2,1-3H3/b25-22-,26-23-,31-29-,32-30-,35-34-. The van der Waals surface area contributed by atoms with Gasteiger partial charge < -0.3 is 14.2 Å². The summed E-state index contributed by atoms with van der Waals surface area (Å²) in [5.41, 5.74) is 0. The third-order valence-electron chi connectivity index (χ3n) is 14.7. The number of ether oxygens (including phenoxy) is 3. The van der Waals surface area contributed by atoms with Crippen LogP contribution < -0.4 is 0 Å². The molecular formula is C70H126O6. The van der Waals surface area contributed by atoms with Crippen molar-refractivity contribution in [3.63, 3.8) is 0 Å². The molecule has 0 saturated carbocycles. The molecule has 0 rings (SSSR count). The van der Waals surface area contributed by atoms with Gasteiger partial charge in [-0.1, -0.05) is 300 Å². The lowest BCUT2D eigenvalue weighted by Gasteiger charge is -2.18. The third kappa shape index (κ3) is 62.0. The molecule has 0 saturated heterocycles. The Labute approximate surface area is 472 Å². The van der Waals surface area contributed by atoms with Gasteiger partial charge in [0.05, 0.1) is 0 Å². The van der Waals surface area contributed by atoms with Crippen molar-refractivity contribution in [2.24, 2.45) is 0 Å². The Bertz CT molecular complexity index is 1360. The van der Waals surface area contributed by atoms with E-state index in [0.29, 0.717) is 19.3 Å². The van der Waals surface area contributed by atoms with Gasteiger partial charge in [0.15, 0.2) is 6.10 Å². The lowest BCUT2D eigenvalue weighted by atomic mass is 10.0. The second kappa shape index (κ2) is 64.6. The fraction of sp³-hybridized carbons (Fsp3) is 0.814. The smallest absolute Gasteiger partial charge is 0.306 e. The molecule has 0 spiro atoms. The first-order valence-corrected chi connectivity index (χ1v) is 33.3. The van der Waals surface area contributed by atoms with Crippen LogP contribution in [0.1, 0.15) is 348 Å². The second-order valence-electron chi connectivity index (χ2n) is 22.4. The maximum absolute atomic E-state index is 12.9. The zero-order valence-corrected chi connectivity index (χ0v) is 50.8. The molecule has 0 bridgehead atoms. The normalized spacial score (nSPS) is 12.4. The van der Waals surface area contributed by atoms with E-state index in [2.05, 4.69) is 81.5 Å². The van der Waals surface area contributed by atoms with Crippen LogP contribution in [0.15, 0.2) is 60.8 Å². The Balaban J connectivity index is 4.28. The monoisotopic (exact) mass is 1060 g/mol. The van der Waals surface area contributed by atoms with Crippen molar-refractivity contribution in [3.8, 4) is 0 Å². The van der Waals surface area contributed by atoms with Crippen LogP contribution in [0, 0.1) is 0 Å². The van der Waals surface area contributed by atoms with E-state index in [1.165, 1.54) is 231 Å². The minimum Gasteiger partial charge on any atom is -0.462 e. The van der Waals surface area contributed by atoms with Crippen molar-refractivity contribution in [2.75, 3.05) is 13.2 Å². The number of hydrogen-bond acceptors (Lipinski definition) is 6. The molecule has 0 N–H and O–H groups in total. The van der Waals surface area contributed by atoms with E-state index in [4.69, 9.17) is 14.2 Å². The summed E-state index contributed by atoms with van der Waals surface area (Å²) in [5, 5.41) is 0. The van der Waals surface area contributed by atoms with Crippen LogP contribution in [0.3, 0.4) is 0 Å². The van der Waals surface area contributed by atoms with Crippen LogP contribution >= 0.6 is 0 Å². The maximum Gasteiger partial charge on any atom is 0.306 e. The Morgan fingerprint density at radius 3 is 0.737 bits per heavy atom. The van der Waals surface area contributed by atoms with Gasteiger partial charge in [-0.3, -0.25) is 14.4 Å². The van der Waals surface area contributed by atoms with Crippen LogP contribution in [-0.4, -0.2) is 37.2 Å². The molecule has 1 atom stereocenters. The van der Waals surface area contributed by atoms with Gasteiger partial charge in [-0.2, -0.15) is 0 Å². The number of carbonyl (C=O) groups is 3. The summed E-state index contributed by atoms with van der Waals surface area (Å²) in [7, 11) is 0. The average Bonchev–Trinajstić information content (AvgIpc) is 3.42. The van der Waals surface area contributed by atoms with E-state index >= 15 is 0 Å². The molecule has 0 aliphatic heterocycles. The van der Waals surface area contributed by atoms with E-state index in [0.717, 1.165) is 77.0 Å². The zero-order valence-electron chi connectivity index (χ0n) is 50.8. The fourth-order valence-electron chi connectivity index (χ4n) is 9.72. The predicted molar refractivity (Wildman–Crippen MR) is 330 cm³/mol. The first kappa shape index (κ1) is 73.1. The lowest BCUT2D eigenvalue weighted by molar-refractivity contribution is -0.167. The Morgan fingerprint density at radius 2 is 0.474 bits per heavy atom. The summed E-state index contributed by atoms with van der Waals surface area (Å²) in [6, 6.07) is 0. The molecule has 0 aromatic heterocycles. The molecule has 1 unspecified atom stereocenters. The summed E-state index contributed by atoms with van der Waals surface area (Å²) in [4.78, 5) is 38.3. The highest BCUT2D eigenvalue weighted by Gasteiger charge is 2.19. The van der Waals surface area contributed by atoms with Gasteiger partial charge in [-0.15, -0.1) is 0 Å². The van der Waals surface area contributed by atoms with Crippen molar-refractivity contribution in [3.05, 3.63) is 60.8 Å². The molecule has 0 aliphatic rings. The van der Waals surface area contributed by atoms with E-state index in [9.17, 15) is 14.4 Å². The largest absolute Gasteiger partial charge is 0.462 e. The summed E-state index contributed by atoms with van der Waals surface area (Å²) in [5.74, 6) is -0.863. The quantitative estimate of drug-likeness (QED) is 0.0261. The van der Waals surface area contributed by atoms with Crippen LogP contribution in [0.25, 0.3) is 0 Å². The topological polar surface area (TPSA) is 78.9 Å². The van der Waals surface area contributed by atoms with E-state index in [1.54, 1.807) is 0 Å². The molecule has 0 fully saturated rings. The number of hydrogen-bond donors (Lipinski definition) is 0. The molecule has 0 amide bonds. The van der Waals surface area contributed by atoms with Gasteiger partial charge in [0.2, 0.25) is 0 Å². The van der Waals surface area contributed by atoms with Crippen LogP contribution in [0.4, 0.5) is 0 Å². The molecule has 0 radical (unpaired) electrons. The van der Waals surface area contributed by atoms with Crippen molar-refractivity contribution >= 4 is 17.9 Å². The third-order valence-corrected chi connectivity index (χ3v) is 14.7.